The van der Waals surface area contributed by atoms with Crippen LogP contribution >= 0.6 is 11.9 Å². The Kier molecular flexibility index (Phi) is 1.13. The molecule has 1 fully saturated rings. The highest BCUT2D eigenvalue weighted by Gasteiger charge is 2.17. The molecule has 1 saturated heterocycles. The zero-order valence-corrected chi connectivity index (χ0v) is 4.14. The number of nitrogens with zero attached hydrogens (tertiary/aromatic N) is 2. The van der Waals surface area contributed by atoms with Crippen LogP contribution in [0.25, 0.3) is 0 Å². The van der Waals surface area contributed by atoms with Crippen LogP contribution in [0.2, 0.25) is 0 Å². The van der Waals surface area contributed by atoms with Crippen molar-refractivity contribution in [3.63, 3.8) is 0 Å². The van der Waals surface area contributed by atoms with Crippen LogP contribution in [0.4, 0.5) is 0 Å². The van der Waals surface area contributed by atoms with Crippen molar-refractivity contribution in [1.82, 2.24) is 10.1 Å². The molecule has 1 heterocycles. The van der Waals surface area contributed by atoms with Gasteiger partial charge in [0.15, 0.2) is 0 Å². The third-order valence-corrected chi connectivity index (χ3v) is 1.15. The minimum Gasteiger partial charge on any atom is -0.753 e. The van der Waals surface area contributed by atoms with Gasteiger partial charge in [-0.25, -0.2) is 0 Å². The lowest BCUT2D eigenvalue weighted by molar-refractivity contribution is -0.597. The minimum absolute atomic E-state index is 0.170. The van der Waals surface area contributed by atoms with Gasteiger partial charge in [0.1, 0.15) is 4.87 Å². The second kappa shape index (κ2) is 1.65. The summed E-state index contributed by atoms with van der Waals surface area (Å²) in [6, 6.07) is 0. The lowest BCUT2D eigenvalue weighted by Crippen LogP contribution is -2.25. The number of rotatable bonds is 0. The molecule has 40 valence electrons. The molecule has 0 aromatic rings. The standard InChI is InChI=1S/CH3N3O2S/c5-3-1-7-4(6)2-3/h1H2,(H-,2,5,6). The van der Waals surface area contributed by atoms with Gasteiger partial charge in [-0.15, -0.1) is 0 Å². The molecule has 7 heavy (non-hydrogen) atoms. The van der Waals surface area contributed by atoms with Gasteiger partial charge in [0.05, 0.1) is 4.91 Å². The van der Waals surface area contributed by atoms with Crippen LogP contribution in [0, 0.1) is 10.1 Å². The topological polar surface area (TPSA) is 58.4 Å². The second-order valence-electron chi connectivity index (χ2n) is 0.994. The summed E-state index contributed by atoms with van der Waals surface area (Å²) in [6.07, 6.45) is 0. The van der Waals surface area contributed by atoms with Gasteiger partial charge < -0.3 is 5.21 Å². The molecule has 0 unspecified atom stereocenters. The Balaban J connectivity index is 2.40. The SMILES string of the molecule is O=[N+]1CSN([O-])N1. The molecular formula is CH3N3O2S. The van der Waals surface area contributed by atoms with Crippen molar-refractivity contribution in [2.45, 2.75) is 0 Å². The van der Waals surface area contributed by atoms with E-state index in [9.17, 15) is 10.1 Å². The summed E-state index contributed by atoms with van der Waals surface area (Å²) < 4.78 is 0.410. The molecule has 1 aliphatic heterocycles. The highest BCUT2D eigenvalue weighted by atomic mass is 32.2. The zero-order valence-electron chi connectivity index (χ0n) is 3.33. The van der Waals surface area contributed by atoms with Crippen molar-refractivity contribution in [1.29, 1.82) is 0 Å². The third kappa shape index (κ3) is 1.02. The number of hydrazine groups is 2. The van der Waals surface area contributed by atoms with Crippen molar-refractivity contribution < 1.29 is 4.87 Å². The van der Waals surface area contributed by atoms with Gasteiger partial charge in [-0.3, -0.25) is 0 Å². The Morgan fingerprint density at radius 3 is 2.86 bits per heavy atom. The van der Waals surface area contributed by atoms with E-state index in [0.29, 0.717) is 9.45 Å². The van der Waals surface area contributed by atoms with Crippen molar-refractivity contribution in [3.8, 4) is 0 Å². The fraction of sp³-hybridized carbons (Fsp3) is 1.00. The number of hydrogen-bond acceptors (Lipinski definition) is 4. The summed E-state index contributed by atoms with van der Waals surface area (Å²) >= 11 is 0.885. The number of nitroso groups, excluding NO2 is 1. The molecule has 1 aliphatic rings. The molecule has 0 bridgehead atoms. The average molecular weight is 121 g/mol. The largest absolute Gasteiger partial charge is 0.753 e. The fourth-order valence-corrected chi connectivity index (χ4v) is 0.670. The molecule has 0 amide bonds. The molecule has 0 aliphatic carbocycles. The van der Waals surface area contributed by atoms with E-state index in [0.717, 1.165) is 11.9 Å². The molecule has 0 radical (unpaired) electrons. The first kappa shape index (κ1) is 4.82. The van der Waals surface area contributed by atoms with Gasteiger partial charge in [0, 0.05) is 11.9 Å². The van der Waals surface area contributed by atoms with Crippen LogP contribution in [-0.2, 0) is 0 Å². The summed E-state index contributed by atoms with van der Waals surface area (Å²) in [5.74, 6) is 0.170. The van der Waals surface area contributed by atoms with Gasteiger partial charge in [-0.2, -0.15) is 4.58 Å². The maximum Gasteiger partial charge on any atom is 0.286 e. The van der Waals surface area contributed by atoms with E-state index in [1.54, 1.807) is 0 Å². The predicted octanol–water partition coefficient (Wildman–Crippen LogP) is -0.396. The Hall–Kier alpha value is -0.330. The second-order valence-corrected chi connectivity index (χ2v) is 1.84. The van der Waals surface area contributed by atoms with Crippen LogP contribution < -0.4 is 5.53 Å². The summed E-state index contributed by atoms with van der Waals surface area (Å²) in [5, 5.41) is 9.98. The molecule has 1 N–H and O–H groups in total. The van der Waals surface area contributed by atoms with Gasteiger partial charge in [-0.05, 0) is 0 Å². The molecule has 6 heteroatoms. The molecule has 0 spiro atoms. The first-order chi connectivity index (χ1) is 3.29. The van der Waals surface area contributed by atoms with Crippen LogP contribution in [0.5, 0.6) is 0 Å². The number of nitrogens with one attached hydrogen (secondary N) is 1. The first-order valence-corrected chi connectivity index (χ1v) is 2.54. The lowest BCUT2D eigenvalue weighted by Gasteiger charge is -2.08. The third-order valence-electron chi connectivity index (χ3n) is 0.485. The Bertz CT molecular complexity index is 94.9. The first-order valence-electron chi connectivity index (χ1n) is 1.60. The molecule has 5 nitrogen and oxygen atoms in total. The number of hydrogen-bond donors (Lipinski definition) is 1. The Morgan fingerprint density at radius 1 is 2.00 bits per heavy atom. The van der Waals surface area contributed by atoms with Crippen LogP contribution in [-0.4, -0.2) is 15.3 Å². The Morgan fingerprint density at radius 2 is 2.71 bits per heavy atom. The van der Waals surface area contributed by atoms with Gasteiger partial charge in [0.2, 0.25) is 0 Å². The summed E-state index contributed by atoms with van der Waals surface area (Å²) in [4.78, 5) is 10.5. The van der Waals surface area contributed by atoms with Crippen molar-refractivity contribution >= 4 is 11.9 Å². The molecule has 0 aromatic carbocycles. The quantitative estimate of drug-likeness (QED) is 0.349. The minimum atomic E-state index is 0.170. The van der Waals surface area contributed by atoms with E-state index in [2.05, 4.69) is 0 Å². The van der Waals surface area contributed by atoms with E-state index < -0.39 is 0 Å². The molecule has 0 saturated carbocycles. The van der Waals surface area contributed by atoms with Crippen LogP contribution in [0.1, 0.15) is 0 Å². The molecule has 0 atom stereocenters. The lowest BCUT2D eigenvalue weighted by atomic mass is 11.5. The fourth-order valence-electron chi connectivity index (χ4n) is 0.254. The Labute approximate surface area is 43.9 Å². The van der Waals surface area contributed by atoms with Crippen molar-refractivity contribution in [2.75, 3.05) is 5.88 Å². The maximum absolute atomic E-state index is 10.00. The zero-order chi connectivity index (χ0) is 5.28. The average Bonchev–Trinajstić information content (AvgIpc) is 1.87. The summed E-state index contributed by atoms with van der Waals surface area (Å²) in [7, 11) is 0. The van der Waals surface area contributed by atoms with Gasteiger partial charge in [0.25, 0.3) is 5.88 Å². The highest BCUT2D eigenvalue weighted by molar-refractivity contribution is 7.96. The highest BCUT2D eigenvalue weighted by Crippen LogP contribution is 2.08. The van der Waals surface area contributed by atoms with E-state index >= 15 is 0 Å². The van der Waals surface area contributed by atoms with Gasteiger partial charge in [-0.1, -0.05) is 5.53 Å². The summed E-state index contributed by atoms with van der Waals surface area (Å²) in [5.41, 5.74) is 1.94. The van der Waals surface area contributed by atoms with Crippen LogP contribution in [0.3, 0.4) is 0 Å². The predicted molar refractivity (Wildman–Crippen MR) is 24.4 cm³/mol. The van der Waals surface area contributed by atoms with E-state index in [1.165, 1.54) is 0 Å². The van der Waals surface area contributed by atoms with E-state index in [1.807, 2.05) is 5.53 Å². The van der Waals surface area contributed by atoms with E-state index in [4.69, 9.17) is 0 Å². The maximum atomic E-state index is 10.00. The smallest absolute Gasteiger partial charge is 0.286 e. The van der Waals surface area contributed by atoms with Gasteiger partial charge >= 0.3 is 0 Å². The normalized spacial score (nSPS) is 22.7. The summed E-state index contributed by atoms with van der Waals surface area (Å²) in [6.45, 7) is 0. The van der Waals surface area contributed by atoms with Crippen LogP contribution in [0.15, 0.2) is 0 Å². The van der Waals surface area contributed by atoms with Crippen molar-refractivity contribution in [2.24, 2.45) is 0 Å². The monoisotopic (exact) mass is 121 g/mol. The molecule has 0 aromatic heterocycles. The molecule has 1 rings (SSSR count). The molecular weight excluding hydrogens is 118 g/mol. The van der Waals surface area contributed by atoms with Crippen molar-refractivity contribution in [3.05, 3.63) is 10.1 Å². The van der Waals surface area contributed by atoms with E-state index in [-0.39, 0.29) is 5.88 Å².